The highest BCUT2D eigenvalue weighted by Gasteiger charge is 2.23. The molecule has 0 bridgehead atoms. The summed E-state index contributed by atoms with van der Waals surface area (Å²) in [6, 6.07) is 6.26. The van der Waals surface area contributed by atoms with E-state index in [0.29, 0.717) is 10.7 Å². The molecule has 0 aromatic heterocycles. The van der Waals surface area contributed by atoms with Crippen LogP contribution in [0.15, 0.2) is 24.3 Å². The topological polar surface area (TPSA) is 75.4 Å². The minimum Gasteiger partial charge on any atom is -0.335 e. The summed E-state index contributed by atoms with van der Waals surface area (Å²) in [5, 5.41) is 3.23. The van der Waals surface area contributed by atoms with E-state index in [0.717, 1.165) is 6.42 Å². The van der Waals surface area contributed by atoms with E-state index in [-0.39, 0.29) is 36.7 Å². The maximum Gasteiger partial charge on any atom is 0.243 e. The predicted molar refractivity (Wildman–Crippen MR) is 92.4 cm³/mol. The number of anilines is 1. The number of nitrogens with zero attached hydrogens (tertiary/aromatic N) is 1. The van der Waals surface area contributed by atoms with Gasteiger partial charge in [0.05, 0.1) is 12.6 Å². The molecule has 0 saturated heterocycles. The summed E-state index contributed by atoms with van der Waals surface area (Å²) in [6.45, 7) is 3.85. The lowest BCUT2D eigenvalue weighted by atomic mass is 9.99. The summed E-state index contributed by atoms with van der Waals surface area (Å²) in [5.74, 6) is -0.439. The lowest BCUT2D eigenvalue weighted by Crippen LogP contribution is -2.47. The van der Waals surface area contributed by atoms with Crippen LogP contribution in [0, 0.1) is 5.92 Å². The smallest absolute Gasteiger partial charge is 0.243 e. The van der Waals surface area contributed by atoms with Gasteiger partial charge in [-0.15, -0.1) is 12.4 Å². The Morgan fingerprint density at radius 3 is 2.59 bits per heavy atom. The molecule has 0 aliphatic carbocycles. The second-order valence-corrected chi connectivity index (χ2v) is 5.60. The molecule has 2 amide bonds. The average molecular weight is 348 g/mol. The molecule has 22 heavy (non-hydrogen) atoms. The summed E-state index contributed by atoms with van der Waals surface area (Å²) >= 11 is 5.84. The van der Waals surface area contributed by atoms with E-state index in [2.05, 4.69) is 5.32 Å². The SMILES string of the molecule is CCC(C)C(N)C(=O)N(C)CC(=O)Nc1cccc(Cl)c1.Cl. The van der Waals surface area contributed by atoms with Crippen LogP contribution in [0.1, 0.15) is 20.3 Å². The molecule has 0 spiro atoms. The Morgan fingerprint density at radius 2 is 2.05 bits per heavy atom. The molecule has 1 rings (SSSR count). The summed E-state index contributed by atoms with van der Waals surface area (Å²) in [5.41, 5.74) is 6.48. The van der Waals surface area contributed by atoms with E-state index in [1.54, 1.807) is 31.3 Å². The monoisotopic (exact) mass is 347 g/mol. The molecule has 5 nitrogen and oxygen atoms in total. The highest BCUT2D eigenvalue weighted by Crippen LogP contribution is 2.15. The summed E-state index contributed by atoms with van der Waals surface area (Å²) < 4.78 is 0. The zero-order chi connectivity index (χ0) is 16.0. The van der Waals surface area contributed by atoms with Gasteiger partial charge in [0, 0.05) is 17.8 Å². The van der Waals surface area contributed by atoms with Crippen molar-refractivity contribution in [3.8, 4) is 0 Å². The Morgan fingerprint density at radius 1 is 1.41 bits per heavy atom. The van der Waals surface area contributed by atoms with E-state index < -0.39 is 6.04 Å². The zero-order valence-electron chi connectivity index (χ0n) is 13.0. The number of carbonyl (C=O) groups excluding carboxylic acids is 2. The summed E-state index contributed by atoms with van der Waals surface area (Å²) in [7, 11) is 1.57. The predicted octanol–water partition coefficient (Wildman–Crippen LogP) is 2.53. The van der Waals surface area contributed by atoms with E-state index in [4.69, 9.17) is 17.3 Å². The molecule has 1 aromatic rings. The summed E-state index contributed by atoms with van der Waals surface area (Å²) in [6.07, 6.45) is 0.815. The van der Waals surface area contributed by atoms with Crippen molar-refractivity contribution in [3.63, 3.8) is 0 Å². The van der Waals surface area contributed by atoms with Gasteiger partial charge in [0.15, 0.2) is 0 Å². The molecule has 0 heterocycles. The van der Waals surface area contributed by atoms with Gasteiger partial charge in [-0.1, -0.05) is 37.9 Å². The Kier molecular flexibility index (Phi) is 9.09. The molecule has 7 heteroatoms. The van der Waals surface area contributed by atoms with Crippen LogP contribution in [0.25, 0.3) is 0 Å². The largest absolute Gasteiger partial charge is 0.335 e. The second-order valence-electron chi connectivity index (χ2n) is 5.16. The first-order chi connectivity index (χ1) is 9.85. The first kappa shape index (κ1) is 20.7. The Hall–Kier alpha value is -1.30. The van der Waals surface area contributed by atoms with Gasteiger partial charge in [0.2, 0.25) is 11.8 Å². The van der Waals surface area contributed by atoms with E-state index >= 15 is 0 Å². The van der Waals surface area contributed by atoms with Crippen LogP contribution in [0.3, 0.4) is 0 Å². The highest BCUT2D eigenvalue weighted by atomic mass is 35.5. The normalized spacial score (nSPS) is 12.8. The Labute approximate surface area is 142 Å². The third-order valence-corrected chi connectivity index (χ3v) is 3.64. The Bertz CT molecular complexity index is 511. The van der Waals surface area contributed by atoms with Gasteiger partial charge in [-0.2, -0.15) is 0 Å². The minimum atomic E-state index is -0.584. The molecule has 2 unspecified atom stereocenters. The van der Waals surface area contributed by atoms with Crippen molar-refractivity contribution in [3.05, 3.63) is 29.3 Å². The molecule has 0 fully saturated rings. The number of hydrogen-bond acceptors (Lipinski definition) is 3. The number of benzene rings is 1. The van der Waals surface area contributed by atoms with Crippen molar-refractivity contribution in [2.45, 2.75) is 26.3 Å². The molecule has 3 N–H and O–H groups in total. The Balaban J connectivity index is 0.00000441. The number of likely N-dealkylation sites (N-methyl/N-ethyl adjacent to an activating group) is 1. The van der Waals surface area contributed by atoms with Crippen LogP contribution < -0.4 is 11.1 Å². The van der Waals surface area contributed by atoms with Crippen LogP contribution in [-0.4, -0.2) is 36.3 Å². The number of halogens is 2. The molecule has 124 valence electrons. The first-order valence-electron chi connectivity index (χ1n) is 6.91. The quantitative estimate of drug-likeness (QED) is 0.830. The fraction of sp³-hybridized carbons (Fsp3) is 0.467. The van der Waals surface area contributed by atoms with Crippen LogP contribution in [-0.2, 0) is 9.59 Å². The maximum atomic E-state index is 12.1. The number of amides is 2. The van der Waals surface area contributed by atoms with E-state index in [1.807, 2.05) is 13.8 Å². The lowest BCUT2D eigenvalue weighted by Gasteiger charge is -2.24. The number of hydrogen-bond donors (Lipinski definition) is 2. The van der Waals surface area contributed by atoms with Crippen LogP contribution in [0.2, 0.25) is 5.02 Å². The standard InChI is InChI=1S/C15H22ClN3O2.ClH/c1-4-10(2)14(17)15(21)19(3)9-13(20)18-12-7-5-6-11(16)8-12;/h5-8,10,14H,4,9,17H2,1-3H3,(H,18,20);1H. The van der Waals surface area contributed by atoms with Crippen LogP contribution >= 0.6 is 24.0 Å². The zero-order valence-corrected chi connectivity index (χ0v) is 14.6. The molecule has 0 aliphatic heterocycles. The average Bonchev–Trinajstić information content (AvgIpc) is 2.44. The molecule has 2 atom stereocenters. The van der Waals surface area contributed by atoms with Crippen LogP contribution in [0.5, 0.6) is 0 Å². The van der Waals surface area contributed by atoms with Gasteiger partial charge < -0.3 is 16.0 Å². The van der Waals surface area contributed by atoms with Gasteiger partial charge in [0.25, 0.3) is 0 Å². The molecule has 0 aliphatic rings. The maximum absolute atomic E-state index is 12.1. The van der Waals surface area contributed by atoms with Gasteiger partial charge in [-0.3, -0.25) is 9.59 Å². The van der Waals surface area contributed by atoms with Crippen molar-refractivity contribution in [1.82, 2.24) is 4.90 Å². The molecule has 0 radical (unpaired) electrons. The van der Waals surface area contributed by atoms with Gasteiger partial charge in [-0.05, 0) is 24.1 Å². The molecular weight excluding hydrogens is 325 g/mol. The highest BCUT2D eigenvalue weighted by molar-refractivity contribution is 6.30. The number of carbonyl (C=O) groups is 2. The molecular formula is C15H23Cl2N3O2. The third-order valence-electron chi connectivity index (χ3n) is 3.41. The van der Waals surface area contributed by atoms with Crippen LogP contribution in [0.4, 0.5) is 5.69 Å². The van der Waals surface area contributed by atoms with E-state index in [9.17, 15) is 9.59 Å². The van der Waals surface area contributed by atoms with Gasteiger partial charge in [-0.25, -0.2) is 0 Å². The van der Waals surface area contributed by atoms with Gasteiger partial charge >= 0.3 is 0 Å². The van der Waals surface area contributed by atoms with Crippen molar-refractivity contribution in [1.29, 1.82) is 0 Å². The second kappa shape index (κ2) is 9.66. The number of rotatable bonds is 6. The molecule has 0 saturated carbocycles. The van der Waals surface area contributed by atoms with Crippen molar-refractivity contribution in [2.75, 3.05) is 18.9 Å². The van der Waals surface area contributed by atoms with Crippen molar-refractivity contribution < 1.29 is 9.59 Å². The number of nitrogens with two attached hydrogens (primary N) is 1. The van der Waals surface area contributed by atoms with E-state index in [1.165, 1.54) is 4.90 Å². The number of nitrogens with one attached hydrogen (secondary N) is 1. The molecule has 1 aromatic carbocycles. The lowest BCUT2D eigenvalue weighted by molar-refractivity contribution is -0.135. The third kappa shape index (κ3) is 6.22. The van der Waals surface area contributed by atoms with Crippen molar-refractivity contribution >= 4 is 41.5 Å². The fourth-order valence-electron chi connectivity index (χ4n) is 1.81. The van der Waals surface area contributed by atoms with Crippen molar-refractivity contribution in [2.24, 2.45) is 11.7 Å². The fourth-order valence-corrected chi connectivity index (χ4v) is 2.00. The summed E-state index contributed by atoms with van der Waals surface area (Å²) in [4.78, 5) is 25.3. The van der Waals surface area contributed by atoms with Gasteiger partial charge in [0.1, 0.15) is 0 Å². The first-order valence-corrected chi connectivity index (χ1v) is 7.29. The minimum absolute atomic E-state index is 0.